The van der Waals surface area contributed by atoms with E-state index in [0.717, 1.165) is 56.4 Å². The Kier molecular flexibility index (Phi) is 4.77. The molecular weight excluding hydrogens is 316 g/mol. The zero-order valence-electron chi connectivity index (χ0n) is 13.7. The Morgan fingerprint density at radius 2 is 1.83 bits per heavy atom. The van der Waals surface area contributed by atoms with Crippen LogP contribution < -0.4 is 4.90 Å². The van der Waals surface area contributed by atoms with Crippen molar-refractivity contribution in [3.8, 4) is 0 Å². The molecule has 124 valence electrons. The van der Waals surface area contributed by atoms with Crippen molar-refractivity contribution >= 4 is 17.4 Å². The summed E-state index contributed by atoms with van der Waals surface area (Å²) in [6, 6.07) is 0. The fourth-order valence-corrected chi connectivity index (χ4v) is 3.18. The number of hydrogen-bond acceptors (Lipinski definition) is 7. The van der Waals surface area contributed by atoms with Crippen LogP contribution >= 0.6 is 11.6 Å². The Balaban J connectivity index is 1.67. The molecule has 0 saturated carbocycles. The molecule has 1 aliphatic heterocycles. The maximum absolute atomic E-state index is 6.28. The molecule has 7 nitrogen and oxygen atoms in total. The number of aromatic nitrogens is 4. The van der Waals surface area contributed by atoms with Crippen molar-refractivity contribution in [3.63, 3.8) is 0 Å². The molecule has 8 heteroatoms. The SMILES string of the molecule is CCc1c(Cl)nc(C)nc1N1CCN(Cc2noc(C)n2)CC1. The number of hydrogen-bond donors (Lipinski definition) is 0. The van der Waals surface area contributed by atoms with Crippen LogP contribution in [0.25, 0.3) is 0 Å². The molecule has 0 bridgehead atoms. The molecule has 1 fully saturated rings. The minimum atomic E-state index is 0.569. The summed E-state index contributed by atoms with van der Waals surface area (Å²) < 4.78 is 5.02. The third kappa shape index (κ3) is 3.61. The Bertz CT molecular complexity index is 681. The maximum Gasteiger partial charge on any atom is 0.223 e. The van der Waals surface area contributed by atoms with Gasteiger partial charge in [-0.2, -0.15) is 4.98 Å². The Morgan fingerprint density at radius 1 is 1.09 bits per heavy atom. The molecule has 0 atom stereocenters. The Morgan fingerprint density at radius 3 is 2.43 bits per heavy atom. The highest BCUT2D eigenvalue weighted by Crippen LogP contribution is 2.26. The van der Waals surface area contributed by atoms with E-state index in [0.29, 0.717) is 16.9 Å². The second-order valence-electron chi connectivity index (χ2n) is 5.71. The van der Waals surface area contributed by atoms with Crippen LogP contribution in [0.2, 0.25) is 5.15 Å². The van der Waals surface area contributed by atoms with Gasteiger partial charge in [-0.15, -0.1) is 0 Å². The smallest absolute Gasteiger partial charge is 0.223 e. The topological polar surface area (TPSA) is 71.2 Å². The highest BCUT2D eigenvalue weighted by Gasteiger charge is 2.22. The van der Waals surface area contributed by atoms with Gasteiger partial charge in [0.2, 0.25) is 5.89 Å². The lowest BCUT2D eigenvalue weighted by atomic mass is 10.2. The second-order valence-corrected chi connectivity index (χ2v) is 6.07. The molecule has 0 aliphatic carbocycles. The minimum absolute atomic E-state index is 0.569. The summed E-state index contributed by atoms with van der Waals surface area (Å²) in [6.45, 7) is 10.1. The molecule has 0 N–H and O–H groups in total. The van der Waals surface area contributed by atoms with Crippen molar-refractivity contribution in [3.05, 3.63) is 28.3 Å². The average molecular weight is 337 g/mol. The molecule has 0 aromatic carbocycles. The first-order valence-corrected chi connectivity index (χ1v) is 8.24. The van der Waals surface area contributed by atoms with E-state index in [2.05, 4.69) is 36.8 Å². The number of nitrogens with zero attached hydrogens (tertiary/aromatic N) is 6. The number of anilines is 1. The van der Waals surface area contributed by atoms with Crippen LogP contribution in [0.5, 0.6) is 0 Å². The summed E-state index contributed by atoms with van der Waals surface area (Å²) >= 11 is 6.28. The van der Waals surface area contributed by atoms with E-state index in [1.165, 1.54) is 0 Å². The molecule has 0 amide bonds. The lowest BCUT2D eigenvalue weighted by Gasteiger charge is -2.35. The predicted octanol–water partition coefficient (Wildman–Crippen LogP) is 2.01. The first kappa shape index (κ1) is 16.1. The monoisotopic (exact) mass is 336 g/mol. The largest absolute Gasteiger partial charge is 0.354 e. The van der Waals surface area contributed by atoms with E-state index in [1.54, 1.807) is 0 Å². The summed E-state index contributed by atoms with van der Waals surface area (Å²) in [5.41, 5.74) is 1.03. The van der Waals surface area contributed by atoms with Crippen molar-refractivity contribution in [2.45, 2.75) is 33.7 Å². The van der Waals surface area contributed by atoms with Crippen LogP contribution in [-0.4, -0.2) is 51.2 Å². The number of piperazine rings is 1. The molecule has 1 saturated heterocycles. The van der Waals surface area contributed by atoms with E-state index < -0.39 is 0 Å². The second kappa shape index (κ2) is 6.80. The number of aryl methyl sites for hydroxylation is 2. The lowest BCUT2D eigenvalue weighted by Crippen LogP contribution is -2.46. The van der Waals surface area contributed by atoms with E-state index >= 15 is 0 Å². The van der Waals surface area contributed by atoms with Gasteiger partial charge in [0.1, 0.15) is 16.8 Å². The first-order chi connectivity index (χ1) is 11.1. The zero-order valence-corrected chi connectivity index (χ0v) is 14.5. The molecule has 0 unspecified atom stereocenters. The van der Waals surface area contributed by atoms with Crippen molar-refractivity contribution in [2.24, 2.45) is 0 Å². The van der Waals surface area contributed by atoms with Gasteiger partial charge < -0.3 is 9.42 Å². The molecular formula is C15H21ClN6O. The first-order valence-electron chi connectivity index (χ1n) is 7.86. The van der Waals surface area contributed by atoms with Crippen molar-refractivity contribution in [1.29, 1.82) is 0 Å². The van der Waals surface area contributed by atoms with Gasteiger partial charge in [0.25, 0.3) is 0 Å². The summed E-state index contributed by atoms with van der Waals surface area (Å²) in [7, 11) is 0. The summed E-state index contributed by atoms with van der Waals surface area (Å²) in [5, 5.41) is 4.53. The quantitative estimate of drug-likeness (QED) is 0.791. The van der Waals surface area contributed by atoms with Gasteiger partial charge in [0.05, 0.1) is 6.54 Å². The summed E-state index contributed by atoms with van der Waals surface area (Å²) in [5.74, 6) is 3.04. The van der Waals surface area contributed by atoms with Crippen molar-refractivity contribution in [2.75, 3.05) is 31.1 Å². The molecule has 3 rings (SSSR count). The number of halogens is 1. The van der Waals surface area contributed by atoms with Crippen molar-refractivity contribution in [1.82, 2.24) is 25.0 Å². The van der Waals surface area contributed by atoms with Gasteiger partial charge in [0, 0.05) is 38.7 Å². The normalized spacial score (nSPS) is 16.1. The van der Waals surface area contributed by atoms with Crippen LogP contribution in [0.1, 0.15) is 30.0 Å². The van der Waals surface area contributed by atoms with Crippen LogP contribution in [0.4, 0.5) is 5.82 Å². The summed E-state index contributed by atoms with van der Waals surface area (Å²) in [6.07, 6.45) is 0.830. The minimum Gasteiger partial charge on any atom is -0.354 e. The third-order valence-corrected chi connectivity index (χ3v) is 4.32. The number of rotatable bonds is 4. The van der Waals surface area contributed by atoms with Gasteiger partial charge >= 0.3 is 0 Å². The molecule has 0 spiro atoms. The van der Waals surface area contributed by atoms with Crippen LogP contribution in [0.3, 0.4) is 0 Å². The molecule has 3 heterocycles. The fourth-order valence-electron chi connectivity index (χ4n) is 2.84. The van der Waals surface area contributed by atoms with Crippen LogP contribution in [0.15, 0.2) is 4.52 Å². The van der Waals surface area contributed by atoms with E-state index in [-0.39, 0.29) is 0 Å². The van der Waals surface area contributed by atoms with E-state index in [9.17, 15) is 0 Å². The molecule has 23 heavy (non-hydrogen) atoms. The van der Waals surface area contributed by atoms with Gasteiger partial charge in [0.15, 0.2) is 5.82 Å². The molecule has 1 aliphatic rings. The van der Waals surface area contributed by atoms with Crippen molar-refractivity contribution < 1.29 is 4.52 Å². The Labute approximate surface area is 140 Å². The highest BCUT2D eigenvalue weighted by atomic mass is 35.5. The molecule has 2 aromatic heterocycles. The molecule has 0 radical (unpaired) electrons. The lowest BCUT2D eigenvalue weighted by molar-refractivity contribution is 0.239. The Hall–Kier alpha value is -1.73. The van der Waals surface area contributed by atoms with E-state index in [4.69, 9.17) is 16.1 Å². The standard InChI is InChI=1S/C15H21ClN6O/c1-4-12-14(16)17-10(2)18-15(12)22-7-5-21(6-8-22)9-13-19-11(3)23-20-13/h4-9H2,1-3H3. The third-order valence-electron chi connectivity index (χ3n) is 4.01. The zero-order chi connectivity index (χ0) is 16.4. The highest BCUT2D eigenvalue weighted by molar-refractivity contribution is 6.30. The van der Waals surface area contributed by atoms with Crippen LogP contribution in [0, 0.1) is 13.8 Å². The van der Waals surface area contributed by atoms with Crippen LogP contribution in [-0.2, 0) is 13.0 Å². The van der Waals surface area contributed by atoms with Gasteiger partial charge in [-0.3, -0.25) is 4.90 Å². The molecule has 2 aromatic rings. The van der Waals surface area contributed by atoms with Gasteiger partial charge in [-0.25, -0.2) is 9.97 Å². The van der Waals surface area contributed by atoms with Gasteiger partial charge in [-0.1, -0.05) is 23.7 Å². The predicted molar refractivity (Wildman–Crippen MR) is 87.7 cm³/mol. The van der Waals surface area contributed by atoms with Gasteiger partial charge in [-0.05, 0) is 13.3 Å². The summed E-state index contributed by atoms with van der Waals surface area (Å²) in [4.78, 5) is 17.7. The average Bonchev–Trinajstić information content (AvgIpc) is 2.92. The van der Waals surface area contributed by atoms with E-state index in [1.807, 2.05) is 13.8 Å². The fraction of sp³-hybridized carbons (Fsp3) is 0.600. The maximum atomic E-state index is 6.28.